The van der Waals surface area contributed by atoms with Gasteiger partial charge in [0.2, 0.25) is 0 Å². The summed E-state index contributed by atoms with van der Waals surface area (Å²) in [4.78, 5) is 0. The fourth-order valence-corrected chi connectivity index (χ4v) is 7.90. The summed E-state index contributed by atoms with van der Waals surface area (Å²) in [6, 6.07) is 57.9. The third-order valence-electron chi connectivity index (χ3n) is 10.3. The first kappa shape index (κ1) is 27.6. The molecule has 47 heavy (non-hydrogen) atoms. The topological polar surface area (TPSA) is 4.93 Å². The zero-order chi connectivity index (χ0) is 31.5. The van der Waals surface area contributed by atoms with Gasteiger partial charge in [0.15, 0.2) is 0 Å². The van der Waals surface area contributed by atoms with Gasteiger partial charge in [0.25, 0.3) is 0 Å². The largest absolute Gasteiger partial charge is 0.309 e. The Morgan fingerprint density at radius 3 is 1.89 bits per heavy atom. The number of nitrogens with zero attached hydrogens (tertiary/aromatic N) is 1. The molecule has 1 aliphatic carbocycles. The molecule has 0 aliphatic heterocycles. The van der Waals surface area contributed by atoms with E-state index in [1.54, 1.807) is 0 Å². The molecule has 1 heteroatoms. The second-order valence-corrected chi connectivity index (χ2v) is 13.4. The van der Waals surface area contributed by atoms with Crippen LogP contribution in [0.15, 0.2) is 158 Å². The van der Waals surface area contributed by atoms with Gasteiger partial charge in [-0.25, -0.2) is 0 Å². The van der Waals surface area contributed by atoms with Crippen LogP contribution in [-0.2, 0) is 11.8 Å². The van der Waals surface area contributed by atoms with E-state index in [1.807, 2.05) is 0 Å². The molecule has 1 aromatic heterocycles. The van der Waals surface area contributed by atoms with E-state index in [0.29, 0.717) is 0 Å². The fraction of sp³-hybridized carbons (Fsp3) is 0.0870. The molecule has 0 amide bonds. The third kappa shape index (κ3) is 4.46. The van der Waals surface area contributed by atoms with Gasteiger partial charge in [-0.1, -0.05) is 153 Å². The maximum Gasteiger partial charge on any atom is 0.0541 e. The van der Waals surface area contributed by atoms with Crippen molar-refractivity contribution in [2.75, 3.05) is 0 Å². The van der Waals surface area contributed by atoms with Crippen LogP contribution in [0, 0.1) is 0 Å². The van der Waals surface area contributed by atoms with Crippen molar-refractivity contribution in [3.05, 3.63) is 186 Å². The van der Waals surface area contributed by atoms with Crippen molar-refractivity contribution in [1.82, 2.24) is 4.57 Å². The molecule has 0 saturated carbocycles. The molecule has 0 atom stereocenters. The second kappa shape index (κ2) is 10.7. The highest BCUT2D eigenvalue weighted by Crippen LogP contribution is 2.50. The molecule has 0 radical (unpaired) electrons. The fourth-order valence-electron chi connectivity index (χ4n) is 7.90. The predicted octanol–water partition coefficient (Wildman–Crippen LogP) is 12.0. The molecule has 0 fully saturated rings. The minimum Gasteiger partial charge on any atom is -0.309 e. The molecule has 0 spiro atoms. The summed E-state index contributed by atoms with van der Waals surface area (Å²) in [5.74, 6) is 0. The zero-order valence-corrected chi connectivity index (χ0v) is 26.7. The molecule has 0 N–H and O–H groups in total. The molecule has 0 unspecified atom stereocenters. The van der Waals surface area contributed by atoms with E-state index in [1.165, 1.54) is 82.8 Å². The Morgan fingerprint density at radius 1 is 0.553 bits per heavy atom. The first-order chi connectivity index (χ1) is 23.1. The highest BCUT2D eigenvalue weighted by atomic mass is 15.0. The Kier molecular flexibility index (Phi) is 6.30. The molecule has 0 saturated heterocycles. The van der Waals surface area contributed by atoms with Crippen LogP contribution >= 0.6 is 0 Å². The van der Waals surface area contributed by atoms with E-state index < -0.39 is 0 Å². The first-order valence-corrected chi connectivity index (χ1v) is 16.6. The minimum absolute atomic E-state index is 0.123. The van der Waals surface area contributed by atoms with Gasteiger partial charge >= 0.3 is 0 Å². The van der Waals surface area contributed by atoms with Crippen LogP contribution in [0.3, 0.4) is 0 Å². The van der Waals surface area contributed by atoms with E-state index in [0.717, 1.165) is 6.42 Å². The number of rotatable bonds is 5. The van der Waals surface area contributed by atoms with Crippen LogP contribution in [0.2, 0.25) is 0 Å². The normalized spacial score (nSPS) is 13.7. The summed E-state index contributed by atoms with van der Waals surface area (Å²) in [5, 5.41) is 5.14. The lowest BCUT2D eigenvalue weighted by Crippen LogP contribution is -2.15. The highest BCUT2D eigenvalue weighted by Gasteiger charge is 2.36. The average Bonchev–Trinajstić information content (AvgIpc) is 3.57. The number of hydrogen-bond donors (Lipinski definition) is 0. The van der Waals surface area contributed by atoms with Gasteiger partial charge < -0.3 is 4.57 Å². The molecule has 1 heterocycles. The van der Waals surface area contributed by atoms with E-state index in [4.69, 9.17) is 0 Å². The molecular weight excluding hydrogens is 567 g/mol. The molecule has 0 bridgehead atoms. The van der Waals surface area contributed by atoms with Gasteiger partial charge in [0, 0.05) is 21.9 Å². The molecule has 1 nitrogen and oxygen atoms in total. The number of para-hydroxylation sites is 2. The number of hydrogen-bond acceptors (Lipinski definition) is 0. The number of benzene rings is 7. The Labute approximate surface area is 276 Å². The number of allylic oxidation sites excluding steroid dienone is 1. The highest BCUT2D eigenvalue weighted by molar-refractivity contribution is 6.09. The molecule has 9 rings (SSSR count). The van der Waals surface area contributed by atoms with Gasteiger partial charge in [0.1, 0.15) is 0 Å². The number of aromatic nitrogens is 1. The van der Waals surface area contributed by atoms with Crippen molar-refractivity contribution in [3.63, 3.8) is 0 Å². The SMILES string of the molecule is CC1(C)c2cc(C/C(=C/c3cccc4ccccc34)c3ccccc3)ccc2-c2ccc(-n3c4ccccc4c4ccccc43)cc21. The lowest BCUT2D eigenvalue weighted by atomic mass is 9.81. The summed E-state index contributed by atoms with van der Waals surface area (Å²) in [7, 11) is 0. The second-order valence-electron chi connectivity index (χ2n) is 13.4. The Bertz CT molecular complexity index is 2450. The van der Waals surface area contributed by atoms with Crippen molar-refractivity contribution in [3.8, 4) is 16.8 Å². The third-order valence-corrected chi connectivity index (χ3v) is 10.3. The van der Waals surface area contributed by atoms with Crippen LogP contribution in [0.1, 0.15) is 41.7 Å². The average molecular weight is 602 g/mol. The number of fused-ring (bicyclic) bond motifs is 7. The van der Waals surface area contributed by atoms with Crippen molar-refractivity contribution >= 4 is 44.2 Å². The van der Waals surface area contributed by atoms with E-state index in [-0.39, 0.29) is 5.41 Å². The van der Waals surface area contributed by atoms with E-state index in [2.05, 4.69) is 182 Å². The predicted molar refractivity (Wildman–Crippen MR) is 200 cm³/mol. The van der Waals surface area contributed by atoms with Crippen LogP contribution < -0.4 is 0 Å². The quantitative estimate of drug-likeness (QED) is 0.173. The molecule has 8 aromatic rings. The Balaban J connectivity index is 1.13. The molecule has 1 aliphatic rings. The lowest BCUT2D eigenvalue weighted by molar-refractivity contribution is 0.659. The molecular formula is C46H35N. The van der Waals surface area contributed by atoms with Crippen molar-refractivity contribution in [2.24, 2.45) is 0 Å². The summed E-state index contributed by atoms with van der Waals surface area (Å²) >= 11 is 0. The Morgan fingerprint density at radius 2 is 1.15 bits per heavy atom. The van der Waals surface area contributed by atoms with Gasteiger partial charge in [0.05, 0.1) is 11.0 Å². The van der Waals surface area contributed by atoms with Crippen LogP contribution in [0.4, 0.5) is 0 Å². The monoisotopic (exact) mass is 601 g/mol. The van der Waals surface area contributed by atoms with Gasteiger partial charge in [-0.3, -0.25) is 0 Å². The summed E-state index contributed by atoms with van der Waals surface area (Å²) in [6.45, 7) is 4.78. The van der Waals surface area contributed by atoms with Crippen LogP contribution in [-0.4, -0.2) is 4.57 Å². The maximum atomic E-state index is 2.47. The molecule has 7 aromatic carbocycles. The molecule has 224 valence electrons. The Hall–Kier alpha value is -5.66. The van der Waals surface area contributed by atoms with E-state index in [9.17, 15) is 0 Å². The van der Waals surface area contributed by atoms with Crippen molar-refractivity contribution in [2.45, 2.75) is 25.7 Å². The lowest BCUT2D eigenvalue weighted by Gasteiger charge is -2.23. The minimum atomic E-state index is -0.123. The summed E-state index contributed by atoms with van der Waals surface area (Å²) in [5.41, 5.74) is 14.2. The van der Waals surface area contributed by atoms with Crippen LogP contribution in [0.25, 0.3) is 61.0 Å². The summed E-state index contributed by atoms with van der Waals surface area (Å²) in [6.07, 6.45) is 3.25. The zero-order valence-electron chi connectivity index (χ0n) is 26.7. The van der Waals surface area contributed by atoms with Crippen molar-refractivity contribution < 1.29 is 0 Å². The van der Waals surface area contributed by atoms with Gasteiger partial charge in [-0.15, -0.1) is 0 Å². The van der Waals surface area contributed by atoms with E-state index >= 15 is 0 Å². The summed E-state index contributed by atoms with van der Waals surface area (Å²) < 4.78 is 2.43. The van der Waals surface area contributed by atoms with Crippen LogP contribution in [0.5, 0.6) is 0 Å². The first-order valence-electron chi connectivity index (χ1n) is 16.6. The van der Waals surface area contributed by atoms with Gasteiger partial charge in [-0.2, -0.15) is 0 Å². The standard InChI is InChI=1S/C46H35N/c1-46(2)42-28-31(27-35(32-13-4-3-5-14-32)29-34-17-12-16-33-15-6-7-18-37(33)34)23-25-38(42)39-26-24-36(30-43(39)46)47-44-21-10-8-19-40(44)41-20-9-11-22-45(41)47/h3-26,28-30H,27H2,1-2H3/b35-29-. The maximum absolute atomic E-state index is 2.47. The van der Waals surface area contributed by atoms with Crippen molar-refractivity contribution in [1.29, 1.82) is 0 Å². The van der Waals surface area contributed by atoms with Gasteiger partial charge in [-0.05, 0) is 86.0 Å². The smallest absolute Gasteiger partial charge is 0.0541 e.